The van der Waals surface area contributed by atoms with E-state index < -0.39 is 5.60 Å². The number of ether oxygens (including phenoxy) is 2. The standard InChI is InChI=1S/C30H37FN6O4/c1-30(2,3)41-29(39)36-11-9-35(10-12-36)25-7-4-20(15-22(25)31)23-16-24-27(37(18-33-24)21-5-6-21)28(34-23)40-13-8-19-14-26(38)32-17-19/h4,7,15-16,18-19,21H,5-6,8-14,17H2,1-3H3,(H,32,38)/t19-/m1/s1. The number of nitrogens with zero attached hydrogens (tertiary/aromatic N) is 5. The molecule has 3 aromatic rings. The van der Waals surface area contributed by atoms with Crippen LogP contribution in [0.5, 0.6) is 5.88 Å². The Balaban J connectivity index is 1.19. The number of fused-ring (bicyclic) bond motifs is 1. The van der Waals surface area contributed by atoms with Crippen LogP contribution >= 0.6 is 0 Å². The van der Waals surface area contributed by atoms with E-state index >= 15 is 4.39 Å². The van der Waals surface area contributed by atoms with E-state index in [9.17, 15) is 9.59 Å². The van der Waals surface area contributed by atoms with E-state index in [-0.39, 0.29) is 23.7 Å². The molecule has 0 bridgehead atoms. The van der Waals surface area contributed by atoms with E-state index in [4.69, 9.17) is 14.5 Å². The zero-order chi connectivity index (χ0) is 28.7. The van der Waals surface area contributed by atoms with Crippen LogP contribution in [0.4, 0.5) is 14.9 Å². The zero-order valence-corrected chi connectivity index (χ0v) is 23.9. The molecule has 1 aliphatic carbocycles. The second kappa shape index (κ2) is 10.8. The molecule has 3 fully saturated rings. The quantitative estimate of drug-likeness (QED) is 0.450. The third kappa shape index (κ3) is 6.08. The van der Waals surface area contributed by atoms with Crippen molar-refractivity contribution in [3.8, 4) is 17.1 Å². The van der Waals surface area contributed by atoms with Crippen molar-refractivity contribution < 1.29 is 23.5 Å². The molecule has 4 heterocycles. The molecular weight excluding hydrogens is 527 g/mol. The molecule has 3 aliphatic rings. The number of imidazole rings is 1. The summed E-state index contributed by atoms with van der Waals surface area (Å²) in [7, 11) is 0. The molecule has 10 nitrogen and oxygen atoms in total. The molecule has 2 aliphatic heterocycles. The summed E-state index contributed by atoms with van der Waals surface area (Å²) in [5.41, 5.74) is 2.78. The van der Waals surface area contributed by atoms with E-state index in [1.165, 1.54) is 6.07 Å². The van der Waals surface area contributed by atoms with Crippen LogP contribution in [0.25, 0.3) is 22.3 Å². The summed E-state index contributed by atoms with van der Waals surface area (Å²) in [6, 6.07) is 7.42. The van der Waals surface area contributed by atoms with Gasteiger partial charge >= 0.3 is 6.09 Å². The summed E-state index contributed by atoms with van der Waals surface area (Å²) in [6.45, 7) is 8.59. The molecule has 1 saturated carbocycles. The molecule has 2 amide bonds. The van der Waals surface area contributed by atoms with Crippen LogP contribution in [0.1, 0.15) is 52.5 Å². The summed E-state index contributed by atoms with van der Waals surface area (Å²) in [4.78, 5) is 37.0. The Labute approximate surface area is 238 Å². The molecule has 2 aromatic heterocycles. The molecular formula is C30H37FN6O4. The first-order valence-electron chi connectivity index (χ1n) is 14.4. The van der Waals surface area contributed by atoms with Gasteiger partial charge in [-0.1, -0.05) is 6.07 Å². The molecule has 41 heavy (non-hydrogen) atoms. The number of hydrogen-bond acceptors (Lipinski definition) is 7. The van der Waals surface area contributed by atoms with Crippen molar-refractivity contribution in [3.05, 3.63) is 36.4 Å². The van der Waals surface area contributed by atoms with Gasteiger partial charge in [0.25, 0.3) is 0 Å². The smallest absolute Gasteiger partial charge is 0.410 e. The molecule has 218 valence electrons. The Morgan fingerprint density at radius 1 is 1.15 bits per heavy atom. The minimum Gasteiger partial charge on any atom is -0.476 e. The van der Waals surface area contributed by atoms with Gasteiger partial charge in [0, 0.05) is 50.7 Å². The third-order valence-corrected chi connectivity index (χ3v) is 7.80. The van der Waals surface area contributed by atoms with Gasteiger partial charge in [0.2, 0.25) is 11.8 Å². The van der Waals surface area contributed by atoms with Crippen molar-refractivity contribution in [2.24, 2.45) is 5.92 Å². The molecule has 1 aromatic carbocycles. The number of piperazine rings is 1. The number of carbonyl (C=O) groups is 2. The van der Waals surface area contributed by atoms with Crippen LogP contribution in [-0.2, 0) is 9.53 Å². The van der Waals surface area contributed by atoms with Crippen molar-refractivity contribution in [1.29, 1.82) is 0 Å². The third-order valence-electron chi connectivity index (χ3n) is 7.80. The topological polar surface area (TPSA) is 102 Å². The normalized spacial score (nSPS) is 19.5. The molecule has 0 spiro atoms. The van der Waals surface area contributed by atoms with Gasteiger partial charge in [-0.15, -0.1) is 0 Å². The Bertz CT molecular complexity index is 1460. The highest BCUT2D eigenvalue weighted by Gasteiger charge is 2.29. The molecule has 1 N–H and O–H groups in total. The largest absolute Gasteiger partial charge is 0.476 e. The molecule has 1 atom stereocenters. The average Bonchev–Trinajstić information content (AvgIpc) is 3.55. The molecule has 11 heteroatoms. The first-order chi connectivity index (χ1) is 19.6. The SMILES string of the molecule is CC(C)(C)OC(=O)N1CCN(c2ccc(-c3cc4ncn(C5CC5)c4c(OCC[C@H]4CNC(=O)C4)n3)cc2F)CC1. The molecule has 6 rings (SSSR count). The maximum atomic E-state index is 15.5. The second-order valence-corrected chi connectivity index (χ2v) is 12.2. The number of halogens is 1. The minimum absolute atomic E-state index is 0.0831. The summed E-state index contributed by atoms with van der Waals surface area (Å²) in [6.07, 6.45) is 4.95. The van der Waals surface area contributed by atoms with Crippen LogP contribution in [0, 0.1) is 11.7 Å². The second-order valence-electron chi connectivity index (χ2n) is 12.2. The summed E-state index contributed by atoms with van der Waals surface area (Å²) >= 11 is 0. The fourth-order valence-corrected chi connectivity index (χ4v) is 5.47. The summed E-state index contributed by atoms with van der Waals surface area (Å²) in [5.74, 6) is 0.475. The van der Waals surface area contributed by atoms with Gasteiger partial charge < -0.3 is 29.2 Å². The van der Waals surface area contributed by atoms with E-state index in [1.54, 1.807) is 11.0 Å². The van der Waals surface area contributed by atoms with Crippen LogP contribution in [0.2, 0.25) is 0 Å². The van der Waals surface area contributed by atoms with Crippen molar-refractivity contribution in [1.82, 2.24) is 24.8 Å². The van der Waals surface area contributed by atoms with Crippen LogP contribution in [-0.4, -0.2) is 76.4 Å². The van der Waals surface area contributed by atoms with Crippen molar-refractivity contribution in [2.45, 2.75) is 58.1 Å². The van der Waals surface area contributed by atoms with Gasteiger partial charge in [-0.3, -0.25) is 4.79 Å². The van der Waals surface area contributed by atoms with Crippen LogP contribution in [0.15, 0.2) is 30.6 Å². The van der Waals surface area contributed by atoms with Gasteiger partial charge in [-0.25, -0.2) is 19.2 Å². The van der Waals surface area contributed by atoms with Crippen molar-refractivity contribution in [2.75, 3.05) is 44.2 Å². The van der Waals surface area contributed by atoms with E-state index in [0.29, 0.717) is 74.6 Å². The predicted octanol–water partition coefficient (Wildman–Crippen LogP) is 4.53. The Morgan fingerprint density at radius 2 is 1.93 bits per heavy atom. The molecule has 2 saturated heterocycles. The minimum atomic E-state index is -0.554. The number of benzene rings is 1. The number of anilines is 1. The summed E-state index contributed by atoms with van der Waals surface area (Å²) < 4.78 is 29.3. The fraction of sp³-hybridized carbons (Fsp3) is 0.533. The Morgan fingerprint density at radius 3 is 2.59 bits per heavy atom. The highest BCUT2D eigenvalue weighted by Crippen LogP contribution is 2.40. The lowest BCUT2D eigenvalue weighted by Crippen LogP contribution is -2.50. The van der Waals surface area contributed by atoms with Crippen LogP contribution in [0.3, 0.4) is 0 Å². The van der Waals surface area contributed by atoms with Gasteiger partial charge in [0.1, 0.15) is 16.9 Å². The maximum absolute atomic E-state index is 15.5. The summed E-state index contributed by atoms with van der Waals surface area (Å²) in [5, 5.41) is 2.87. The Kier molecular flexibility index (Phi) is 7.21. The van der Waals surface area contributed by atoms with Gasteiger partial charge in [0.05, 0.1) is 29.8 Å². The number of amides is 2. The first kappa shape index (κ1) is 27.3. The number of carbonyl (C=O) groups excluding carboxylic acids is 2. The first-order valence-corrected chi connectivity index (χ1v) is 14.4. The number of pyridine rings is 1. The highest BCUT2D eigenvalue weighted by molar-refractivity contribution is 5.85. The fourth-order valence-electron chi connectivity index (χ4n) is 5.47. The number of aromatic nitrogens is 3. The van der Waals surface area contributed by atoms with E-state index in [1.807, 2.05) is 44.1 Å². The highest BCUT2D eigenvalue weighted by atomic mass is 19.1. The molecule has 0 radical (unpaired) electrons. The van der Waals surface area contributed by atoms with Gasteiger partial charge in [-0.2, -0.15) is 0 Å². The van der Waals surface area contributed by atoms with E-state index in [0.717, 1.165) is 30.3 Å². The van der Waals surface area contributed by atoms with Crippen LogP contribution < -0.4 is 15.0 Å². The van der Waals surface area contributed by atoms with E-state index in [2.05, 4.69) is 14.9 Å². The monoisotopic (exact) mass is 564 g/mol. The predicted molar refractivity (Wildman–Crippen MR) is 152 cm³/mol. The Hall–Kier alpha value is -3.89. The average molecular weight is 565 g/mol. The number of hydrogen-bond donors (Lipinski definition) is 1. The van der Waals surface area contributed by atoms with Gasteiger partial charge in [0.15, 0.2) is 0 Å². The van der Waals surface area contributed by atoms with Crippen molar-refractivity contribution >= 4 is 28.7 Å². The lowest BCUT2D eigenvalue weighted by molar-refractivity contribution is -0.119. The lowest BCUT2D eigenvalue weighted by atomic mass is 10.1. The van der Waals surface area contributed by atoms with Crippen molar-refractivity contribution in [3.63, 3.8) is 0 Å². The lowest BCUT2D eigenvalue weighted by Gasteiger charge is -2.36. The molecule has 0 unspecified atom stereocenters. The maximum Gasteiger partial charge on any atom is 0.410 e. The zero-order valence-electron chi connectivity index (χ0n) is 23.9. The number of rotatable bonds is 7. The van der Waals surface area contributed by atoms with Gasteiger partial charge in [-0.05, 0) is 64.2 Å². The number of nitrogens with one attached hydrogen (secondary N) is 1.